The molecule has 130 heavy (non-hydrogen) atoms. The maximum atomic E-state index is 12.4. The molecule has 1 amide bonds. The first-order valence-corrected chi connectivity index (χ1v) is 46.6. The number of H-pyrrole nitrogens is 2. The molecule has 3 aromatic heterocycles. The second kappa shape index (κ2) is 39.5. The maximum absolute atomic E-state index is 12.4. The van der Waals surface area contributed by atoms with Crippen LogP contribution in [-0.4, -0.2) is 172 Å². The fourth-order valence-electron chi connectivity index (χ4n) is 21.2. The fourth-order valence-corrected chi connectivity index (χ4v) is 21.2. The summed E-state index contributed by atoms with van der Waals surface area (Å²) >= 11 is 0. The number of amides is 1. The van der Waals surface area contributed by atoms with Gasteiger partial charge in [-0.2, -0.15) is 20.8 Å². The smallest absolute Gasteiger partial charge is 0.227 e. The van der Waals surface area contributed by atoms with Crippen molar-refractivity contribution in [3.63, 3.8) is 0 Å². The van der Waals surface area contributed by atoms with E-state index in [2.05, 4.69) is 260 Å². The van der Waals surface area contributed by atoms with Crippen LogP contribution in [0.5, 0.6) is 0 Å². The number of pyridine rings is 1. The summed E-state index contributed by atoms with van der Waals surface area (Å²) in [5.74, 6) is 4.55. The van der Waals surface area contributed by atoms with Crippen molar-refractivity contribution in [2.75, 3.05) is 44.3 Å². The van der Waals surface area contributed by atoms with Gasteiger partial charge < -0.3 is 58.8 Å². The topological polar surface area (TPSA) is 352 Å². The molecule has 14 heterocycles. The van der Waals surface area contributed by atoms with Crippen molar-refractivity contribution in [1.29, 1.82) is 10.8 Å². The molecule has 672 valence electrons. The van der Waals surface area contributed by atoms with E-state index in [1.807, 2.05) is 66.5 Å². The van der Waals surface area contributed by atoms with Crippen LogP contribution in [0.15, 0.2) is 288 Å². The number of nitrogen functional groups attached to an aromatic ring is 1. The molecule has 5 aliphatic carbocycles. The third-order valence-corrected chi connectivity index (χ3v) is 28.4. The van der Waals surface area contributed by atoms with Crippen LogP contribution < -0.4 is 54.5 Å². The number of aryl methyl sites for hydroxylation is 1. The molecular formula is C105H126N24O. The van der Waals surface area contributed by atoms with Crippen LogP contribution in [0.25, 0.3) is 38.8 Å². The molecule has 2 saturated heterocycles. The minimum Gasteiger partial charge on any atom is -0.402 e. The Bertz CT molecular complexity index is 5970. The van der Waals surface area contributed by atoms with E-state index in [9.17, 15) is 4.79 Å². The minimum absolute atomic E-state index is 0.0643. The highest BCUT2D eigenvalue weighted by atomic mass is 16.2. The van der Waals surface area contributed by atoms with E-state index in [1.165, 1.54) is 107 Å². The number of aromatic nitrogens is 5. The zero-order valence-corrected chi connectivity index (χ0v) is 76.0. The molecule has 25 heteroatoms. The lowest BCUT2D eigenvalue weighted by atomic mass is 9.75. The molecule has 0 bridgehead atoms. The quantitative estimate of drug-likeness (QED) is 0.0184. The Labute approximate surface area is 764 Å². The highest BCUT2D eigenvalue weighted by Crippen LogP contribution is 2.47. The molecule has 16 aliphatic rings. The Morgan fingerprint density at radius 3 is 2.28 bits per heavy atom. The molecule has 25 nitrogen and oxygen atoms in total. The highest BCUT2D eigenvalue weighted by Gasteiger charge is 2.44. The number of nitrogens with one attached hydrogen (secondary N) is 12. The first-order chi connectivity index (χ1) is 63.4. The van der Waals surface area contributed by atoms with Gasteiger partial charge in [-0.1, -0.05) is 118 Å². The number of nitrogens with zero attached hydrogens (tertiary/aromatic N) is 10. The molecule has 0 saturated carbocycles. The minimum atomic E-state index is -0.247. The Balaban J connectivity index is 0.000000114. The molecule has 16 N–H and O–H groups in total. The number of aromatic amines is 2. The van der Waals surface area contributed by atoms with Crippen LogP contribution in [0.3, 0.4) is 0 Å². The summed E-state index contributed by atoms with van der Waals surface area (Å²) in [6.45, 7) is 31.9. The average molecular weight is 1740 g/mol. The van der Waals surface area contributed by atoms with Gasteiger partial charge in [0.15, 0.2) is 0 Å². The van der Waals surface area contributed by atoms with Crippen LogP contribution in [-0.2, 0) is 4.79 Å². The van der Waals surface area contributed by atoms with Crippen molar-refractivity contribution in [1.82, 2.24) is 72.9 Å². The zero-order valence-electron chi connectivity index (χ0n) is 76.0. The fraction of sp³-hybridized carbons (Fsp3) is 0.381. The van der Waals surface area contributed by atoms with E-state index >= 15 is 0 Å². The van der Waals surface area contributed by atoms with Gasteiger partial charge in [-0.25, -0.2) is 15.8 Å². The van der Waals surface area contributed by atoms with Crippen molar-refractivity contribution >= 4 is 87.9 Å². The number of hydrogen-bond donors (Lipinski definition) is 14. The number of likely N-dealkylation sites (tertiary alicyclic amines) is 1. The van der Waals surface area contributed by atoms with Gasteiger partial charge in [0.05, 0.1) is 89.0 Å². The number of carbonyl (C=O) groups is 1. The molecule has 2 fully saturated rings. The molecule has 0 radical (unpaired) electrons. The molecule has 0 spiro atoms. The van der Waals surface area contributed by atoms with Gasteiger partial charge in [0, 0.05) is 203 Å². The average Bonchev–Trinajstić information content (AvgIpc) is 1.52. The summed E-state index contributed by atoms with van der Waals surface area (Å²) in [6, 6.07) is 11.5. The molecule has 21 rings (SSSR count). The van der Waals surface area contributed by atoms with Crippen molar-refractivity contribution < 1.29 is 4.79 Å². The molecular weight excluding hydrogens is 1610 g/mol. The number of amidine groups is 1. The summed E-state index contributed by atoms with van der Waals surface area (Å²) in [4.78, 5) is 39.8. The Morgan fingerprint density at radius 2 is 1.55 bits per heavy atom. The number of nitrogens with two attached hydrogens (primary N) is 2. The number of anilines is 2. The lowest BCUT2D eigenvalue weighted by molar-refractivity contribution is -0.124. The van der Waals surface area contributed by atoms with Crippen LogP contribution in [0.4, 0.5) is 11.4 Å². The molecule has 2 aromatic carbocycles. The Kier molecular flexibility index (Phi) is 27.1. The monoisotopic (exact) mass is 1740 g/mol. The number of rotatable bonds is 21. The third kappa shape index (κ3) is 17.8. The lowest BCUT2D eigenvalue weighted by Gasteiger charge is -2.39. The molecule has 11 aliphatic heterocycles. The zero-order chi connectivity index (χ0) is 90.4. The van der Waals surface area contributed by atoms with Crippen LogP contribution >= 0.6 is 0 Å². The van der Waals surface area contributed by atoms with E-state index in [0.29, 0.717) is 95.0 Å². The van der Waals surface area contributed by atoms with Gasteiger partial charge in [0.25, 0.3) is 0 Å². The molecule has 17 unspecified atom stereocenters. The summed E-state index contributed by atoms with van der Waals surface area (Å²) in [6.07, 6.45) is 69.7. The van der Waals surface area contributed by atoms with Gasteiger partial charge in [0.1, 0.15) is 6.04 Å². The third-order valence-electron chi connectivity index (χ3n) is 28.4. The van der Waals surface area contributed by atoms with E-state index in [0.717, 1.165) is 119 Å². The predicted octanol–water partition coefficient (Wildman–Crippen LogP) is 16.0. The van der Waals surface area contributed by atoms with Gasteiger partial charge in [-0.05, 0) is 190 Å². The van der Waals surface area contributed by atoms with E-state index in [4.69, 9.17) is 32.3 Å². The normalized spacial score (nSPS) is 28.6. The van der Waals surface area contributed by atoms with Gasteiger partial charge in [0.2, 0.25) is 5.91 Å². The number of benzene rings is 2. The van der Waals surface area contributed by atoms with Gasteiger partial charge in [-0.15, -0.1) is 26.3 Å². The SMILES string of the molecule is C=CC1CN=CC1/C=C/C1NC2=C(C3=C1CCCC3)C1N=C(C)N(C)C1C=C2.C=CC1NNNC1C1=CNC(C2=CC3C=NCC3C=C2)C=C1CCCC.C=CCC(C=C)c1cc(-c2cn[nH]c2C)nc2ccc(N)c(C=N)c12.CC(N)=C(C=N)C1C=C(N2CCCC2=O)c2c(ccc3[nH]ncc23)N1.CCCC1=C(C)C2=C(C=CC3NN=CC23)NC1C1=CC2C=NCC2C=C1. The lowest BCUT2D eigenvalue weighted by Crippen LogP contribution is -2.43. The summed E-state index contributed by atoms with van der Waals surface area (Å²) < 4.78 is 0. The van der Waals surface area contributed by atoms with Gasteiger partial charge in [-0.3, -0.25) is 35.0 Å². The van der Waals surface area contributed by atoms with Crippen molar-refractivity contribution in [3.8, 4) is 11.3 Å². The van der Waals surface area contributed by atoms with E-state index in [-0.39, 0.29) is 48.1 Å². The summed E-state index contributed by atoms with van der Waals surface area (Å²) in [5.41, 5.74) is 52.8. The number of allylic oxidation sites excluding steroid dienone is 9. The second-order valence-electron chi connectivity index (χ2n) is 36.4. The second-order valence-corrected chi connectivity index (χ2v) is 36.4. The number of hydrazone groups is 1. The number of aliphatic imine (C=N–C) groups is 4. The first kappa shape index (κ1) is 89.0. The van der Waals surface area contributed by atoms with Crippen LogP contribution in [0.2, 0.25) is 0 Å². The van der Waals surface area contributed by atoms with E-state index < -0.39 is 0 Å². The molecule has 5 aromatic rings. The Hall–Kier alpha value is -13.0. The molecule has 17 atom stereocenters. The number of unbranched alkanes of at least 4 members (excludes halogenated alkanes) is 1. The van der Waals surface area contributed by atoms with Crippen LogP contribution in [0.1, 0.15) is 140 Å². The summed E-state index contributed by atoms with van der Waals surface area (Å²) in [7, 11) is 2.16. The van der Waals surface area contributed by atoms with Gasteiger partial charge >= 0.3 is 0 Å². The highest BCUT2D eigenvalue weighted by molar-refractivity contribution is 6.06. The number of fused-ring (bicyclic) bond motifs is 11. The number of carbonyl (C=O) groups excluding carboxylic acids is 1. The number of likely N-dealkylation sites (N-methyl/N-ethyl adjacent to an activating group) is 1. The first-order valence-electron chi connectivity index (χ1n) is 46.6. The summed E-state index contributed by atoms with van der Waals surface area (Å²) in [5, 5.41) is 50.6. The maximum Gasteiger partial charge on any atom is 0.227 e. The van der Waals surface area contributed by atoms with Crippen molar-refractivity contribution in [3.05, 3.63) is 285 Å². The van der Waals surface area contributed by atoms with Crippen molar-refractivity contribution in [2.24, 2.45) is 72.2 Å². The van der Waals surface area contributed by atoms with Crippen LogP contribution in [0, 0.1) is 59.2 Å². The number of hydrogen-bond acceptors (Lipinski definition) is 22. The Morgan fingerprint density at radius 1 is 0.777 bits per heavy atom. The standard InChI is InChI=1S/C24H30N4.C22H26N4.C21H29N5.C20H21N5.C18H20N6O/c1-4-16-13-25-14-17(16)9-10-20-18-7-5-6-8-19(18)23-21(27-20)11-12-22-24(23)26-15(2)28(22)3;1-3-4-17-13(2)21-18-12-24-26-19(18)7-8-20(21)25-22(17)14-5-6-15-10-23-11-16(15)9-14;1-3-5-6-14-10-20(15-7-8-16-11-22-12-17(16)9-15)23-13-18(14)21-19(4-2)24-26-25-21;1-4-6-13(5-2)14-9-19(16-11-23-25-12(16)3)24-18-8-7-17(22)15(10-21)20(14)18;1-10(20)11(8-19)15-7-16(24-6-2-3-17(24)25)18-12-9-21-23-13(12)4-5-14(18)22-15/h4,9-12,14,16-17,20,22,24,27H,1,5-8,13H2,2-3H3;5-9,11-12,15-16,18-19,22,25-26H,3-4,10H2,1-2H3;4,7-10,12-13,16-17,19-21,23-26H,2-3,5-6,11H2,1H3;4-5,7-11,13,21H,1-2,6,22H2,3H3,(H,23,25);4-5,7-9,15,19,22H,2-3,6,20H2,1H3,(H,21,23)/b10-9+;;;;. The number of dihydropyridines is 3. The number of hydrazine groups is 2. The predicted molar refractivity (Wildman–Crippen MR) is 533 cm³/mol. The largest absolute Gasteiger partial charge is 0.402 e. The van der Waals surface area contributed by atoms with E-state index in [1.54, 1.807) is 36.5 Å². The van der Waals surface area contributed by atoms with Crippen molar-refractivity contribution in [2.45, 2.75) is 179 Å².